The van der Waals surface area contributed by atoms with E-state index in [1.807, 2.05) is 77.7 Å². The van der Waals surface area contributed by atoms with Crippen molar-refractivity contribution in [2.75, 3.05) is 75.0 Å². The molecule has 5 aliphatic rings. The Morgan fingerprint density at radius 1 is 0.781 bits per heavy atom. The Hall–Kier alpha value is -7.06. The number of cyclic esters (lactones) is 1. The SMILES string of the molecule is COCCOC(=O)N1C(=O)C2(c3cc(C#CC4(O)CCCCCC4)ccc31)C(C(=O)Nc1ccc(N3CCOCC3)cc1)C1C(=O)OC(c3ccccc3)C(c3ccccc3)N1C2c1ccc(OCCO)cc1. The number of aliphatic hydroxyl groups is 2. The number of amides is 3. The van der Waals surface area contributed by atoms with Gasteiger partial charge >= 0.3 is 12.1 Å². The third-order valence-electron chi connectivity index (χ3n) is 14.9. The highest BCUT2D eigenvalue weighted by molar-refractivity contribution is 6.24. The van der Waals surface area contributed by atoms with E-state index >= 15 is 14.4 Å². The number of morpholine rings is 2. The summed E-state index contributed by atoms with van der Waals surface area (Å²) in [4.78, 5) is 68.0. The number of hydrogen-bond acceptors (Lipinski definition) is 13. The fourth-order valence-corrected chi connectivity index (χ4v) is 11.6. The molecule has 1 spiro atoms. The second-order valence-electron chi connectivity index (χ2n) is 19.2. The lowest BCUT2D eigenvalue weighted by Crippen LogP contribution is -2.54. The van der Waals surface area contributed by atoms with Crippen molar-refractivity contribution in [3.63, 3.8) is 0 Å². The maximum Gasteiger partial charge on any atom is 0.421 e. The number of fused-ring (bicyclic) bond motifs is 3. The summed E-state index contributed by atoms with van der Waals surface area (Å²) in [7, 11) is 1.47. The number of rotatable bonds is 12. The number of methoxy groups -OCH3 is 1. The summed E-state index contributed by atoms with van der Waals surface area (Å²) in [5.74, 6) is 3.06. The molecule has 5 aromatic rings. The first-order valence-electron chi connectivity index (χ1n) is 25.2. The zero-order chi connectivity index (χ0) is 50.5. The van der Waals surface area contributed by atoms with E-state index in [1.54, 1.807) is 54.6 Å². The molecule has 4 fully saturated rings. The molecule has 6 atom stereocenters. The number of ether oxygens (including phenoxy) is 5. The van der Waals surface area contributed by atoms with E-state index < -0.39 is 65.0 Å². The summed E-state index contributed by atoms with van der Waals surface area (Å²) in [5, 5.41) is 24.5. The first-order valence-corrected chi connectivity index (χ1v) is 25.2. The zero-order valence-corrected chi connectivity index (χ0v) is 40.8. The lowest BCUT2D eigenvalue weighted by molar-refractivity contribution is -0.177. The Morgan fingerprint density at radius 3 is 2.14 bits per heavy atom. The molecule has 378 valence electrons. The van der Waals surface area contributed by atoms with Crippen LogP contribution >= 0.6 is 0 Å². The first-order chi connectivity index (χ1) is 35.6. The molecule has 3 saturated heterocycles. The molecule has 15 heteroatoms. The maximum atomic E-state index is 16.6. The van der Waals surface area contributed by atoms with Crippen LogP contribution in [0.1, 0.15) is 84.5 Å². The van der Waals surface area contributed by atoms with Gasteiger partial charge in [0.25, 0.3) is 0 Å². The van der Waals surface area contributed by atoms with Crippen molar-refractivity contribution in [2.45, 2.75) is 73.8 Å². The monoisotopic (exact) mass is 988 g/mol. The number of aliphatic hydroxyl groups excluding tert-OH is 1. The Balaban J connectivity index is 1.23. The fraction of sp³-hybridized carbons (Fsp3) is 0.379. The van der Waals surface area contributed by atoms with Crippen LogP contribution in [0.4, 0.5) is 21.9 Å². The molecule has 4 aliphatic heterocycles. The standard InChI is InChI=1S/C58H60N4O11/c1-69-36-37-72-56(67)61-47-25-16-39(26-29-57(68)27-10-2-3-11-28-57)38-46(47)58(55(61)66)48(53(64)59-43-19-21-44(22-20-43)60-30-33-70-34-31-60)50-54(65)73-51(41-14-8-5-9-15-41)49(40-12-6-4-7-13-40)62(50)52(58)42-17-23-45(24-18-42)71-35-32-63/h4-9,12-25,38,48-52,63,68H,2-3,10-11,27-28,30-37H2,1H3,(H,59,64). The van der Waals surface area contributed by atoms with E-state index in [-0.39, 0.29) is 37.7 Å². The molecule has 1 saturated carbocycles. The normalized spacial score (nSPS) is 24.4. The number of hydrogen-bond donors (Lipinski definition) is 3. The zero-order valence-electron chi connectivity index (χ0n) is 40.8. The van der Waals surface area contributed by atoms with Gasteiger partial charge in [-0.05, 0) is 103 Å². The average Bonchev–Trinajstić information content (AvgIpc) is 3.77. The van der Waals surface area contributed by atoms with Gasteiger partial charge in [0.15, 0.2) is 0 Å². The molecule has 0 aromatic heterocycles. The minimum absolute atomic E-state index is 0.0300. The highest BCUT2D eigenvalue weighted by Gasteiger charge is 2.76. The molecule has 73 heavy (non-hydrogen) atoms. The molecule has 0 bridgehead atoms. The number of carbonyl (C=O) groups excluding carboxylic acids is 4. The van der Waals surface area contributed by atoms with E-state index in [0.717, 1.165) is 41.8 Å². The predicted molar refractivity (Wildman–Crippen MR) is 272 cm³/mol. The van der Waals surface area contributed by atoms with Crippen molar-refractivity contribution >= 4 is 40.9 Å². The third kappa shape index (κ3) is 9.57. The van der Waals surface area contributed by atoms with E-state index in [0.29, 0.717) is 67.3 Å². The van der Waals surface area contributed by atoms with Gasteiger partial charge in [0.2, 0.25) is 11.8 Å². The molecule has 1 aliphatic carbocycles. The second-order valence-corrected chi connectivity index (χ2v) is 19.2. The number of anilines is 3. The van der Waals surface area contributed by atoms with Crippen molar-refractivity contribution in [3.05, 3.63) is 155 Å². The van der Waals surface area contributed by atoms with Gasteiger partial charge in [-0.3, -0.25) is 19.3 Å². The van der Waals surface area contributed by atoms with Crippen molar-refractivity contribution in [1.29, 1.82) is 0 Å². The Labute approximate surface area is 424 Å². The Morgan fingerprint density at radius 2 is 1.47 bits per heavy atom. The summed E-state index contributed by atoms with van der Waals surface area (Å²) in [6.07, 6.45) is 2.73. The van der Waals surface area contributed by atoms with Gasteiger partial charge in [-0.25, -0.2) is 9.69 Å². The number of carbonyl (C=O) groups is 4. The van der Waals surface area contributed by atoms with Crippen LogP contribution in [0.5, 0.6) is 5.75 Å². The van der Waals surface area contributed by atoms with Crippen LogP contribution in [0.3, 0.4) is 0 Å². The van der Waals surface area contributed by atoms with Gasteiger partial charge < -0.3 is 44.1 Å². The molecule has 0 radical (unpaired) electrons. The molecule has 4 heterocycles. The molecule has 3 N–H and O–H groups in total. The van der Waals surface area contributed by atoms with E-state index in [1.165, 1.54) is 7.11 Å². The Bertz CT molecular complexity index is 2840. The molecular formula is C58H60N4O11. The van der Waals surface area contributed by atoms with Crippen molar-refractivity contribution in [3.8, 4) is 17.6 Å². The summed E-state index contributed by atoms with van der Waals surface area (Å²) in [6, 6.07) is 35.0. The Kier molecular flexibility index (Phi) is 14.6. The lowest BCUT2D eigenvalue weighted by Gasteiger charge is -2.46. The van der Waals surface area contributed by atoms with Gasteiger partial charge in [0.05, 0.1) is 50.1 Å². The highest BCUT2D eigenvalue weighted by Crippen LogP contribution is 2.66. The fourth-order valence-electron chi connectivity index (χ4n) is 11.6. The molecule has 10 rings (SSSR count). The number of benzene rings is 5. The van der Waals surface area contributed by atoms with Gasteiger partial charge in [-0.1, -0.05) is 97.5 Å². The average molecular weight is 989 g/mol. The second kappa shape index (κ2) is 21.6. The van der Waals surface area contributed by atoms with Gasteiger partial charge in [-0.2, -0.15) is 0 Å². The van der Waals surface area contributed by atoms with Gasteiger partial charge in [0, 0.05) is 37.1 Å². The molecule has 15 nitrogen and oxygen atoms in total. The first kappa shape index (κ1) is 49.5. The van der Waals surface area contributed by atoms with Crippen molar-refractivity contribution in [1.82, 2.24) is 4.90 Å². The maximum absolute atomic E-state index is 16.6. The smallest absolute Gasteiger partial charge is 0.421 e. The number of nitrogens with zero attached hydrogens (tertiary/aromatic N) is 3. The number of esters is 1. The minimum Gasteiger partial charge on any atom is -0.491 e. The van der Waals surface area contributed by atoms with E-state index in [2.05, 4.69) is 22.1 Å². The summed E-state index contributed by atoms with van der Waals surface area (Å²) < 4.78 is 29.0. The van der Waals surface area contributed by atoms with Gasteiger partial charge in [-0.15, -0.1) is 0 Å². The molecule has 5 aromatic carbocycles. The molecular weight excluding hydrogens is 929 g/mol. The predicted octanol–water partition coefficient (Wildman–Crippen LogP) is 7.42. The summed E-state index contributed by atoms with van der Waals surface area (Å²) >= 11 is 0. The topological polar surface area (TPSA) is 177 Å². The molecule has 3 amide bonds. The number of imide groups is 1. The highest BCUT2D eigenvalue weighted by atomic mass is 16.6. The van der Waals surface area contributed by atoms with Crippen molar-refractivity contribution in [2.24, 2.45) is 5.92 Å². The molecule has 6 unspecified atom stereocenters. The van der Waals surface area contributed by atoms with Gasteiger partial charge in [0.1, 0.15) is 42.1 Å². The van der Waals surface area contributed by atoms with E-state index in [9.17, 15) is 15.0 Å². The lowest BCUT2D eigenvalue weighted by atomic mass is 9.65. The third-order valence-corrected chi connectivity index (χ3v) is 14.9. The quantitative estimate of drug-likeness (QED) is 0.0488. The summed E-state index contributed by atoms with van der Waals surface area (Å²) in [5.41, 5.74) is 0.826. The minimum atomic E-state index is -2.08. The van der Waals surface area contributed by atoms with Crippen LogP contribution in [-0.4, -0.2) is 110 Å². The van der Waals surface area contributed by atoms with Crippen molar-refractivity contribution < 1.29 is 53.1 Å². The number of nitrogens with one attached hydrogen (secondary N) is 1. The van der Waals surface area contributed by atoms with Crippen LogP contribution in [-0.2, 0) is 38.7 Å². The van der Waals surface area contributed by atoms with Crippen LogP contribution in [0.15, 0.2) is 127 Å². The van der Waals surface area contributed by atoms with Crippen LogP contribution in [0, 0.1) is 17.8 Å². The van der Waals surface area contributed by atoms with E-state index in [4.69, 9.17) is 23.7 Å². The van der Waals surface area contributed by atoms with Crippen LogP contribution in [0.25, 0.3) is 0 Å². The van der Waals surface area contributed by atoms with Crippen LogP contribution in [0.2, 0.25) is 0 Å². The summed E-state index contributed by atoms with van der Waals surface area (Å²) in [6.45, 7) is 2.27. The largest absolute Gasteiger partial charge is 0.491 e. The van der Waals surface area contributed by atoms with Crippen LogP contribution < -0.4 is 19.9 Å².